The van der Waals surface area contributed by atoms with Crippen LogP contribution in [0.3, 0.4) is 0 Å². The number of alkyl halides is 3. The Kier molecular flexibility index (Phi) is 9.37. The summed E-state index contributed by atoms with van der Waals surface area (Å²) < 4.78 is 53.3. The molecule has 2 aliphatic heterocycles. The maximum Gasteiger partial charge on any atom is 0.490 e. The Hall–Kier alpha value is -4.16. The second-order valence-electron chi connectivity index (χ2n) is 9.56. The fraction of sp³-hybridized carbons (Fsp3) is 0.276. The van der Waals surface area contributed by atoms with Gasteiger partial charge in [0.25, 0.3) is 5.91 Å². The van der Waals surface area contributed by atoms with Crippen LogP contribution < -0.4 is 15.5 Å². The Labute approximate surface area is 242 Å². The number of fused-ring (bicyclic) bond motifs is 3. The van der Waals surface area contributed by atoms with Crippen molar-refractivity contribution in [3.05, 3.63) is 104 Å². The van der Waals surface area contributed by atoms with E-state index in [0.717, 1.165) is 16.8 Å². The van der Waals surface area contributed by atoms with E-state index in [4.69, 9.17) is 26.2 Å². The topological polar surface area (TPSA) is 101 Å². The van der Waals surface area contributed by atoms with Gasteiger partial charge in [0.1, 0.15) is 12.4 Å². The molecule has 2 aromatic carbocycles. The molecule has 42 heavy (non-hydrogen) atoms. The van der Waals surface area contributed by atoms with Crippen LogP contribution in [0.15, 0.2) is 59.9 Å². The predicted octanol–water partition coefficient (Wildman–Crippen LogP) is 5.02. The number of rotatable bonds is 5. The second kappa shape index (κ2) is 12.8. The van der Waals surface area contributed by atoms with Crippen molar-refractivity contribution in [1.82, 2.24) is 14.8 Å². The average molecular weight is 608 g/mol. The number of benzene rings is 2. The number of carboxylic acids is 1. The molecule has 0 aliphatic carbocycles. The summed E-state index contributed by atoms with van der Waals surface area (Å²) in [6.45, 7) is 6.64. The van der Waals surface area contributed by atoms with Crippen LogP contribution in [0.4, 0.5) is 17.6 Å². The predicted molar refractivity (Wildman–Crippen MR) is 147 cm³/mol. The van der Waals surface area contributed by atoms with Crippen molar-refractivity contribution in [3.8, 4) is 5.75 Å². The largest absolute Gasteiger partial charge is 0.490 e. The van der Waals surface area contributed by atoms with E-state index in [1.807, 2.05) is 34.9 Å². The molecule has 3 heterocycles. The van der Waals surface area contributed by atoms with Crippen molar-refractivity contribution in [2.75, 3.05) is 13.1 Å². The van der Waals surface area contributed by atoms with Gasteiger partial charge in [-0.15, -0.1) is 0 Å². The summed E-state index contributed by atoms with van der Waals surface area (Å²) in [6, 6.07) is 13.9. The SMILES string of the molecule is C=C1CCNCc2c1c(=O)c(OCc1ccccc1)c1n2CCN(Cc2ccc(F)c(Cl)c2)C1=O.O=C(O)C(F)(F)F. The van der Waals surface area contributed by atoms with Gasteiger partial charge in [0.15, 0.2) is 11.4 Å². The number of halogens is 5. The van der Waals surface area contributed by atoms with Crippen molar-refractivity contribution in [3.63, 3.8) is 0 Å². The third-order valence-electron chi connectivity index (χ3n) is 6.69. The van der Waals surface area contributed by atoms with Crippen LogP contribution in [0, 0.1) is 5.82 Å². The van der Waals surface area contributed by atoms with Gasteiger partial charge in [0.05, 0.1) is 5.02 Å². The number of amides is 1. The number of carbonyl (C=O) groups is 2. The molecule has 0 atom stereocenters. The van der Waals surface area contributed by atoms with E-state index in [-0.39, 0.29) is 41.0 Å². The molecule has 2 N–H and O–H groups in total. The normalized spacial score (nSPS) is 14.7. The molecule has 5 rings (SSSR count). The molecule has 0 saturated carbocycles. The zero-order valence-corrected chi connectivity index (χ0v) is 22.9. The fourth-order valence-corrected chi connectivity index (χ4v) is 4.87. The number of carbonyl (C=O) groups excluding carboxylic acids is 1. The molecular weight excluding hydrogens is 582 g/mol. The molecule has 0 spiro atoms. The van der Waals surface area contributed by atoms with Gasteiger partial charge < -0.3 is 24.6 Å². The quantitative estimate of drug-likeness (QED) is 0.395. The molecule has 13 heteroatoms. The lowest BCUT2D eigenvalue weighted by Crippen LogP contribution is -2.43. The second-order valence-corrected chi connectivity index (χ2v) is 9.97. The summed E-state index contributed by atoms with van der Waals surface area (Å²) in [4.78, 5) is 38.0. The molecule has 0 bridgehead atoms. The third-order valence-corrected chi connectivity index (χ3v) is 6.98. The molecule has 0 radical (unpaired) electrons. The van der Waals surface area contributed by atoms with Gasteiger partial charge in [-0.25, -0.2) is 9.18 Å². The number of hydrogen-bond donors (Lipinski definition) is 2. The Morgan fingerprint density at radius 2 is 1.79 bits per heavy atom. The number of aromatic nitrogens is 1. The highest BCUT2D eigenvalue weighted by Gasteiger charge is 2.38. The van der Waals surface area contributed by atoms with E-state index in [0.29, 0.717) is 43.7 Å². The Balaban J connectivity index is 0.000000517. The van der Waals surface area contributed by atoms with E-state index in [2.05, 4.69) is 11.9 Å². The summed E-state index contributed by atoms with van der Waals surface area (Å²) in [5.41, 5.74) is 3.56. The number of hydrogen-bond acceptors (Lipinski definition) is 5. The van der Waals surface area contributed by atoms with Crippen molar-refractivity contribution in [2.24, 2.45) is 0 Å². The van der Waals surface area contributed by atoms with Crippen molar-refractivity contribution < 1.29 is 37.0 Å². The van der Waals surface area contributed by atoms with Gasteiger partial charge in [-0.3, -0.25) is 9.59 Å². The summed E-state index contributed by atoms with van der Waals surface area (Å²) >= 11 is 5.94. The highest BCUT2D eigenvalue weighted by molar-refractivity contribution is 6.30. The van der Waals surface area contributed by atoms with Gasteiger partial charge in [-0.05, 0) is 41.8 Å². The minimum Gasteiger partial charge on any atom is -0.483 e. The van der Waals surface area contributed by atoms with Crippen LogP contribution in [0.1, 0.15) is 39.3 Å². The molecule has 0 fully saturated rings. The molecule has 0 saturated heterocycles. The van der Waals surface area contributed by atoms with E-state index in [1.165, 1.54) is 12.1 Å². The number of pyridine rings is 1. The van der Waals surface area contributed by atoms with Crippen LogP contribution in [0.5, 0.6) is 5.75 Å². The Morgan fingerprint density at radius 1 is 1.10 bits per heavy atom. The highest BCUT2D eigenvalue weighted by Crippen LogP contribution is 2.31. The summed E-state index contributed by atoms with van der Waals surface area (Å²) in [7, 11) is 0. The molecule has 1 amide bonds. The van der Waals surface area contributed by atoms with Gasteiger partial charge in [-0.1, -0.05) is 54.6 Å². The Bertz CT molecular complexity index is 1570. The number of carboxylic acid groups (broad SMARTS) is 1. The minimum atomic E-state index is -5.08. The van der Waals surface area contributed by atoms with Crippen LogP contribution in [0.25, 0.3) is 5.57 Å². The van der Waals surface area contributed by atoms with E-state index >= 15 is 0 Å². The first-order chi connectivity index (χ1) is 19.9. The first kappa shape index (κ1) is 30.8. The smallest absolute Gasteiger partial charge is 0.483 e. The molecule has 3 aromatic rings. The Morgan fingerprint density at radius 3 is 2.43 bits per heavy atom. The number of nitrogens with one attached hydrogen (secondary N) is 1. The van der Waals surface area contributed by atoms with Gasteiger partial charge in [0.2, 0.25) is 5.43 Å². The first-order valence-corrected chi connectivity index (χ1v) is 13.1. The molecule has 8 nitrogen and oxygen atoms in total. The van der Waals surface area contributed by atoms with Gasteiger partial charge in [-0.2, -0.15) is 13.2 Å². The number of ether oxygens (including phenoxy) is 1. The standard InChI is InChI=1S/C27H25ClFN3O3.C2HF3O2/c1-17-9-10-30-14-22-23(17)25(33)26(35-16-18-5-3-2-4-6-18)24-27(34)31(11-12-32(22)24)15-19-7-8-21(29)20(28)13-19;3-2(4,5)1(6)7/h2-8,13,30H,1,9-12,14-16H2;(H,6,7). The van der Waals surface area contributed by atoms with Crippen molar-refractivity contribution in [2.45, 2.75) is 38.8 Å². The lowest BCUT2D eigenvalue weighted by atomic mass is 10.00. The van der Waals surface area contributed by atoms with E-state index in [1.54, 1.807) is 11.0 Å². The van der Waals surface area contributed by atoms with Crippen LogP contribution in [0.2, 0.25) is 5.02 Å². The third kappa shape index (κ3) is 6.82. The van der Waals surface area contributed by atoms with Crippen LogP contribution in [-0.4, -0.2) is 45.7 Å². The maximum absolute atomic E-state index is 13.7. The highest BCUT2D eigenvalue weighted by atomic mass is 35.5. The fourth-order valence-electron chi connectivity index (χ4n) is 4.67. The van der Waals surface area contributed by atoms with Crippen LogP contribution >= 0.6 is 11.6 Å². The van der Waals surface area contributed by atoms with Crippen molar-refractivity contribution in [1.29, 1.82) is 0 Å². The summed E-state index contributed by atoms with van der Waals surface area (Å²) in [6.07, 6.45) is -4.44. The first-order valence-electron chi connectivity index (χ1n) is 12.8. The molecule has 0 unspecified atom stereocenters. The van der Waals surface area contributed by atoms with Crippen molar-refractivity contribution >= 4 is 29.1 Å². The molecule has 2 aliphatic rings. The zero-order chi connectivity index (χ0) is 30.6. The molecule has 222 valence electrons. The van der Waals surface area contributed by atoms with E-state index < -0.39 is 18.0 Å². The lowest BCUT2D eigenvalue weighted by molar-refractivity contribution is -0.192. The van der Waals surface area contributed by atoms with E-state index in [9.17, 15) is 27.2 Å². The van der Waals surface area contributed by atoms with Crippen LogP contribution in [-0.2, 0) is 31.0 Å². The lowest BCUT2D eigenvalue weighted by Gasteiger charge is -2.33. The van der Waals surface area contributed by atoms with Gasteiger partial charge in [0, 0.05) is 37.4 Å². The molecule has 1 aromatic heterocycles. The number of aliphatic carboxylic acids is 1. The van der Waals surface area contributed by atoms with Gasteiger partial charge >= 0.3 is 12.1 Å². The average Bonchev–Trinajstić information content (AvgIpc) is 3.14. The minimum absolute atomic E-state index is 0.00497. The summed E-state index contributed by atoms with van der Waals surface area (Å²) in [5.74, 6) is -3.53. The maximum atomic E-state index is 13.7. The zero-order valence-electron chi connectivity index (χ0n) is 22.1. The monoisotopic (exact) mass is 607 g/mol. The molecular formula is C29H26ClF4N3O5. The number of nitrogens with zero attached hydrogens (tertiary/aromatic N) is 2. The summed E-state index contributed by atoms with van der Waals surface area (Å²) in [5, 5.41) is 10.5.